The SMILES string of the molecule is COc1ccc(Cn2nc(NC3CCN(C(=O)[O-])C3)c3c(Oc4ccc(C(=O)Nc5cc(C(F)(F)F)ccn5)cc4)ccnc32)cc1. The number of pyridine rings is 2. The van der Waals surface area contributed by atoms with Gasteiger partial charge in [-0.05, 0) is 60.5 Å². The number of methoxy groups -OCH3 is 1. The van der Waals surface area contributed by atoms with E-state index in [0.29, 0.717) is 53.6 Å². The van der Waals surface area contributed by atoms with Crippen LogP contribution in [-0.4, -0.2) is 62.9 Å². The van der Waals surface area contributed by atoms with Crippen molar-refractivity contribution in [3.05, 3.63) is 95.8 Å². The number of hydrogen-bond acceptors (Lipinski definition) is 9. The first-order chi connectivity index (χ1) is 22.6. The first-order valence-corrected chi connectivity index (χ1v) is 14.4. The molecular weight excluding hydrogens is 619 g/mol. The van der Waals surface area contributed by atoms with Gasteiger partial charge >= 0.3 is 6.18 Å². The van der Waals surface area contributed by atoms with Crippen molar-refractivity contribution in [3.63, 3.8) is 0 Å². The molecule has 242 valence electrons. The average molecular weight is 647 g/mol. The summed E-state index contributed by atoms with van der Waals surface area (Å²) in [4.78, 5) is 33.7. The van der Waals surface area contributed by atoms with E-state index in [2.05, 4.69) is 20.6 Å². The maximum absolute atomic E-state index is 13.0. The Morgan fingerprint density at radius 3 is 2.40 bits per heavy atom. The van der Waals surface area contributed by atoms with Gasteiger partial charge < -0.3 is 34.9 Å². The highest BCUT2D eigenvalue weighted by Crippen LogP contribution is 2.35. The molecular formula is C32H27F3N7O5-. The van der Waals surface area contributed by atoms with Gasteiger partial charge in [-0.2, -0.15) is 18.3 Å². The average Bonchev–Trinajstić information content (AvgIpc) is 3.67. The van der Waals surface area contributed by atoms with Crippen LogP contribution in [-0.2, 0) is 12.7 Å². The molecule has 3 aromatic heterocycles. The summed E-state index contributed by atoms with van der Waals surface area (Å²) in [7, 11) is 1.59. The molecule has 6 rings (SSSR count). The number of hydrogen-bond donors (Lipinski definition) is 2. The third-order valence-corrected chi connectivity index (χ3v) is 7.55. The van der Waals surface area contributed by atoms with Gasteiger partial charge in [0, 0.05) is 43.2 Å². The summed E-state index contributed by atoms with van der Waals surface area (Å²) in [6.45, 7) is 0.931. The summed E-state index contributed by atoms with van der Waals surface area (Å²) in [5.74, 6) is 1.04. The fourth-order valence-electron chi connectivity index (χ4n) is 5.17. The topological polar surface area (TPSA) is 147 Å². The van der Waals surface area contributed by atoms with Crippen molar-refractivity contribution in [3.8, 4) is 17.2 Å². The van der Waals surface area contributed by atoms with Gasteiger partial charge in [-0.25, -0.2) is 14.6 Å². The lowest BCUT2D eigenvalue weighted by Gasteiger charge is -2.19. The predicted molar refractivity (Wildman–Crippen MR) is 162 cm³/mol. The van der Waals surface area contributed by atoms with E-state index in [4.69, 9.17) is 14.6 Å². The number of carbonyl (C=O) groups is 2. The molecule has 1 saturated heterocycles. The third kappa shape index (κ3) is 7.03. The minimum absolute atomic E-state index is 0.171. The first kappa shape index (κ1) is 31.1. The van der Waals surface area contributed by atoms with Crippen LogP contribution in [0, 0.1) is 0 Å². The lowest BCUT2D eigenvalue weighted by Crippen LogP contribution is -2.40. The van der Waals surface area contributed by atoms with Crippen molar-refractivity contribution in [2.24, 2.45) is 0 Å². The number of anilines is 2. The standard InChI is InChI=1S/C32H28F3N7O5/c1-46-23-6-2-19(3-7-23)17-42-29-27(28(40-42)38-22-12-15-41(18-22)31(44)45)25(11-14-37-29)47-24-8-4-20(5-9-24)30(43)39-26-16-21(10-13-36-26)32(33,34)35/h2-11,13-14,16,22H,12,15,17-18H2,1H3,(H,38,40)(H,44,45)(H,36,39,43)/p-1. The highest BCUT2D eigenvalue weighted by molar-refractivity contribution is 6.03. The molecule has 0 spiro atoms. The van der Waals surface area contributed by atoms with Crippen molar-refractivity contribution in [1.82, 2.24) is 24.6 Å². The van der Waals surface area contributed by atoms with Crippen LogP contribution < -0.4 is 25.2 Å². The predicted octanol–water partition coefficient (Wildman–Crippen LogP) is 4.78. The second-order valence-electron chi connectivity index (χ2n) is 10.7. The second-order valence-corrected chi connectivity index (χ2v) is 10.7. The third-order valence-electron chi connectivity index (χ3n) is 7.55. The molecule has 0 radical (unpaired) electrons. The van der Waals surface area contributed by atoms with Crippen molar-refractivity contribution in [1.29, 1.82) is 0 Å². The normalized spacial score (nSPS) is 14.6. The zero-order valence-electron chi connectivity index (χ0n) is 24.8. The van der Waals surface area contributed by atoms with E-state index in [1.807, 2.05) is 24.3 Å². The summed E-state index contributed by atoms with van der Waals surface area (Å²) in [6, 6.07) is 16.5. The molecule has 1 unspecified atom stereocenters. The molecule has 0 bridgehead atoms. The molecule has 47 heavy (non-hydrogen) atoms. The maximum Gasteiger partial charge on any atom is 0.416 e. The Balaban J connectivity index is 1.25. The van der Waals surface area contributed by atoms with Crippen LogP contribution in [0.1, 0.15) is 27.9 Å². The maximum atomic E-state index is 13.0. The number of nitrogens with one attached hydrogen (secondary N) is 2. The van der Waals surface area contributed by atoms with Gasteiger partial charge in [0.15, 0.2) is 11.5 Å². The number of carbonyl (C=O) groups excluding carboxylic acids is 2. The Bertz CT molecular complexity index is 1910. The van der Waals surface area contributed by atoms with E-state index in [1.165, 1.54) is 17.0 Å². The quantitative estimate of drug-likeness (QED) is 0.231. The van der Waals surface area contributed by atoms with Gasteiger partial charge in [0.25, 0.3) is 5.91 Å². The van der Waals surface area contributed by atoms with Crippen molar-refractivity contribution >= 4 is 34.7 Å². The molecule has 1 fully saturated rings. The van der Waals surface area contributed by atoms with Gasteiger partial charge in [0.05, 0.1) is 19.2 Å². The molecule has 12 nitrogen and oxygen atoms in total. The summed E-state index contributed by atoms with van der Waals surface area (Å²) in [6.07, 6.45) is -2.71. The fourth-order valence-corrected chi connectivity index (χ4v) is 5.17. The lowest BCUT2D eigenvalue weighted by molar-refractivity contribution is -0.264. The van der Waals surface area contributed by atoms with Gasteiger partial charge in [0.2, 0.25) is 0 Å². The molecule has 0 saturated carbocycles. The minimum atomic E-state index is -4.57. The van der Waals surface area contributed by atoms with Crippen molar-refractivity contribution in [2.45, 2.75) is 25.2 Å². The fraction of sp³-hybridized carbons (Fsp3) is 0.219. The van der Waals surface area contributed by atoms with E-state index >= 15 is 0 Å². The molecule has 15 heteroatoms. The highest BCUT2D eigenvalue weighted by Gasteiger charge is 2.31. The Morgan fingerprint density at radius 1 is 1.00 bits per heavy atom. The number of amides is 2. The van der Waals surface area contributed by atoms with E-state index in [9.17, 15) is 27.9 Å². The van der Waals surface area contributed by atoms with Crippen molar-refractivity contribution < 1.29 is 37.3 Å². The summed E-state index contributed by atoms with van der Waals surface area (Å²) in [5, 5.41) is 22.5. The number of likely N-dealkylation sites (tertiary alicyclic amines) is 1. The molecule has 1 atom stereocenters. The van der Waals surface area contributed by atoms with E-state index in [-0.39, 0.29) is 24.0 Å². The number of ether oxygens (including phenoxy) is 2. The van der Waals surface area contributed by atoms with Crippen LogP contribution in [0.3, 0.4) is 0 Å². The number of nitrogens with zero attached hydrogens (tertiary/aromatic N) is 5. The molecule has 0 aliphatic carbocycles. The Labute approximate surface area is 265 Å². The summed E-state index contributed by atoms with van der Waals surface area (Å²) in [5.41, 5.74) is 0.693. The van der Waals surface area contributed by atoms with Gasteiger partial charge in [-0.1, -0.05) is 12.1 Å². The Kier molecular flexibility index (Phi) is 8.52. The number of halogens is 3. The Morgan fingerprint density at radius 2 is 1.72 bits per heavy atom. The number of rotatable bonds is 9. The minimum Gasteiger partial charge on any atom is -0.530 e. The molecule has 2 aromatic carbocycles. The summed E-state index contributed by atoms with van der Waals surface area (Å²) < 4.78 is 52.3. The second kappa shape index (κ2) is 12.9. The van der Waals surface area contributed by atoms with Crippen LogP contribution in [0.5, 0.6) is 17.2 Å². The van der Waals surface area contributed by atoms with E-state index in [1.54, 1.807) is 36.2 Å². The van der Waals surface area contributed by atoms with Gasteiger partial charge in [-0.3, -0.25) is 4.79 Å². The smallest absolute Gasteiger partial charge is 0.416 e. The molecule has 5 aromatic rings. The van der Waals surface area contributed by atoms with E-state index < -0.39 is 23.7 Å². The highest BCUT2D eigenvalue weighted by atomic mass is 19.4. The monoisotopic (exact) mass is 646 g/mol. The number of aromatic nitrogens is 4. The zero-order valence-corrected chi connectivity index (χ0v) is 24.8. The number of benzene rings is 2. The molecule has 4 heterocycles. The van der Waals surface area contributed by atoms with E-state index in [0.717, 1.165) is 23.9 Å². The Hall–Kier alpha value is -5.86. The molecule has 1 aliphatic heterocycles. The summed E-state index contributed by atoms with van der Waals surface area (Å²) >= 11 is 0. The molecule has 1 aliphatic rings. The van der Waals surface area contributed by atoms with Gasteiger partial charge in [-0.15, -0.1) is 0 Å². The molecule has 2 N–H and O–H groups in total. The van der Waals surface area contributed by atoms with Gasteiger partial charge in [0.1, 0.15) is 34.5 Å². The van der Waals surface area contributed by atoms with Crippen LogP contribution in [0.15, 0.2) is 79.1 Å². The van der Waals surface area contributed by atoms with Crippen LogP contribution >= 0.6 is 0 Å². The number of alkyl halides is 3. The first-order valence-electron chi connectivity index (χ1n) is 14.4. The zero-order chi connectivity index (χ0) is 33.1. The number of fused-ring (bicyclic) bond motifs is 1. The van der Waals surface area contributed by atoms with Crippen molar-refractivity contribution in [2.75, 3.05) is 30.8 Å². The van der Waals surface area contributed by atoms with Crippen LogP contribution in [0.2, 0.25) is 0 Å². The number of carboxylic acid groups (broad SMARTS) is 1. The largest absolute Gasteiger partial charge is 0.530 e. The lowest BCUT2D eigenvalue weighted by atomic mass is 10.2. The van der Waals surface area contributed by atoms with Crippen LogP contribution in [0.4, 0.5) is 29.6 Å². The molecule has 2 amide bonds. The van der Waals surface area contributed by atoms with Crippen LogP contribution in [0.25, 0.3) is 11.0 Å².